The van der Waals surface area contributed by atoms with E-state index in [-0.39, 0.29) is 17.6 Å². The van der Waals surface area contributed by atoms with Crippen LogP contribution in [-0.4, -0.2) is 40.1 Å². The van der Waals surface area contributed by atoms with E-state index in [9.17, 15) is 4.79 Å². The summed E-state index contributed by atoms with van der Waals surface area (Å²) in [4.78, 5) is 14.9. The van der Waals surface area contributed by atoms with Gasteiger partial charge in [-0.3, -0.25) is 9.69 Å². The molecule has 0 saturated carbocycles. The van der Waals surface area contributed by atoms with E-state index < -0.39 is 0 Å². The molecule has 26 heavy (non-hydrogen) atoms. The van der Waals surface area contributed by atoms with Crippen LogP contribution in [-0.2, 0) is 27.4 Å². The van der Waals surface area contributed by atoms with Gasteiger partial charge in [0.05, 0.1) is 12.2 Å². The fourth-order valence-corrected chi connectivity index (χ4v) is 3.54. The van der Waals surface area contributed by atoms with E-state index in [0.717, 1.165) is 9.99 Å². The van der Waals surface area contributed by atoms with Gasteiger partial charge in [-0.05, 0) is 18.1 Å². The first-order chi connectivity index (χ1) is 12.6. The first-order valence-electron chi connectivity index (χ1n) is 8.78. The molecule has 1 saturated heterocycles. The van der Waals surface area contributed by atoms with E-state index in [1.54, 1.807) is 0 Å². The van der Waals surface area contributed by atoms with Crippen LogP contribution in [0.25, 0.3) is 0 Å². The minimum absolute atomic E-state index is 0.222. The van der Waals surface area contributed by atoms with Gasteiger partial charge in [-0.25, -0.2) is 0 Å². The second-order valence-corrected chi connectivity index (χ2v) is 7.66. The number of esters is 1. The Morgan fingerprint density at radius 3 is 2.38 bits per heavy atom. The summed E-state index contributed by atoms with van der Waals surface area (Å²) < 4.78 is 12.5. The summed E-state index contributed by atoms with van der Waals surface area (Å²) in [5.74, 6) is -0.222. The fraction of sp³-hybridized carbons (Fsp3) is 0.381. The van der Waals surface area contributed by atoms with Crippen LogP contribution in [0, 0.1) is 0 Å². The molecule has 0 aliphatic carbocycles. The standard InChI is InChI=1S/C21H24INO3/c1-21(15-22)16-23(12-17-8-4-2-5-9-17)19(14-26-21)20(24)25-13-18-10-6-3-7-11-18/h2-11,19H,12-16H2,1H3/t19-,21?/m0/s1. The summed E-state index contributed by atoms with van der Waals surface area (Å²) in [6.45, 7) is 4.17. The highest BCUT2D eigenvalue weighted by Crippen LogP contribution is 2.26. The first-order valence-corrected chi connectivity index (χ1v) is 10.3. The van der Waals surface area contributed by atoms with Crippen molar-refractivity contribution >= 4 is 28.6 Å². The van der Waals surface area contributed by atoms with Crippen molar-refractivity contribution in [3.05, 3.63) is 71.8 Å². The van der Waals surface area contributed by atoms with Gasteiger partial charge in [0.1, 0.15) is 12.6 Å². The Bertz CT molecular complexity index is 710. The Balaban J connectivity index is 1.69. The van der Waals surface area contributed by atoms with E-state index >= 15 is 0 Å². The van der Waals surface area contributed by atoms with Crippen molar-refractivity contribution in [3.8, 4) is 0 Å². The predicted molar refractivity (Wildman–Crippen MR) is 110 cm³/mol. The van der Waals surface area contributed by atoms with E-state index in [0.29, 0.717) is 26.3 Å². The molecule has 1 fully saturated rings. The maximum Gasteiger partial charge on any atom is 0.326 e. The summed E-state index contributed by atoms with van der Waals surface area (Å²) in [5.41, 5.74) is 1.93. The lowest BCUT2D eigenvalue weighted by Gasteiger charge is -2.43. The third kappa shape index (κ3) is 5.05. The molecule has 138 valence electrons. The number of nitrogens with zero attached hydrogens (tertiary/aromatic N) is 1. The van der Waals surface area contributed by atoms with Crippen LogP contribution >= 0.6 is 22.6 Å². The molecule has 1 heterocycles. The van der Waals surface area contributed by atoms with E-state index in [2.05, 4.69) is 46.5 Å². The van der Waals surface area contributed by atoms with Crippen LogP contribution in [0.1, 0.15) is 18.1 Å². The average Bonchev–Trinajstić information content (AvgIpc) is 2.68. The highest BCUT2D eigenvalue weighted by atomic mass is 127. The number of rotatable bonds is 6. The van der Waals surface area contributed by atoms with Crippen LogP contribution in [0.4, 0.5) is 0 Å². The number of carbonyl (C=O) groups excluding carboxylic acids is 1. The topological polar surface area (TPSA) is 38.8 Å². The number of ether oxygens (including phenoxy) is 2. The summed E-state index contributed by atoms with van der Waals surface area (Å²) in [6, 6.07) is 19.6. The van der Waals surface area contributed by atoms with Gasteiger partial charge in [0.15, 0.2) is 0 Å². The number of hydrogen-bond acceptors (Lipinski definition) is 4. The molecule has 0 bridgehead atoms. The third-order valence-corrected chi connectivity index (χ3v) is 6.19. The van der Waals surface area contributed by atoms with E-state index in [4.69, 9.17) is 9.47 Å². The molecule has 2 aromatic carbocycles. The van der Waals surface area contributed by atoms with Gasteiger partial charge in [-0.2, -0.15) is 0 Å². The molecule has 3 rings (SSSR count). The van der Waals surface area contributed by atoms with Crippen molar-refractivity contribution < 1.29 is 14.3 Å². The molecule has 1 aliphatic heterocycles. The lowest BCUT2D eigenvalue weighted by atomic mass is 10.0. The Kier molecular flexibility index (Phi) is 6.67. The molecule has 0 spiro atoms. The zero-order chi connectivity index (χ0) is 18.4. The van der Waals surface area contributed by atoms with Gasteiger partial charge in [0.25, 0.3) is 0 Å². The zero-order valence-corrected chi connectivity index (χ0v) is 17.1. The molecule has 2 aromatic rings. The number of morpholine rings is 1. The second kappa shape index (κ2) is 8.97. The number of halogens is 1. The normalized spacial score (nSPS) is 23.5. The summed E-state index contributed by atoms with van der Waals surface area (Å²) in [5, 5.41) is 0. The summed E-state index contributed by atoms with van der Waals surface area (Å²) >= 11 is 2.35. The summed E-state index contributed by atoms with van der Waals surface area (Å²) in [7, 11) is 0. The fourth-order valence-electron chi connectivity index (χ4n) is 3.08. The van der Waals surface area contributed by atoms with Crippen LogP contribution in [0.3, 0.4) is 0 Å². The van der Waals surface area contributed by atoms with Crippen molar-refractivity contribution in [2.24, 2.45) is 0 Å². The largest absolute Gasteiger partial charge is 0.460 e. The van der Waals surface area contributed by atoms with E-state index in [1.165, 1.54) is 5.56 Å². The smallest absolute Gasteiger partial charge is 0.326 e. The SMILES string of the molecule is CC1(CI)CN(Cc2ccccc2)[C@H](C(=O)OCc2ccccc2)CO1. The Morgan fingerprint density at radius 1 is 1.15 bits per heavy atom. The molecule has 0 aromatic heterocycles. The molecule has 1 aliphatic rings. The lowest BCUT2D eigenvalue weighted by Crippen LogP contribution is -2.58. The minimum Gasteiger partial charge on any atom is -0.460 e. The maximum atomic E-state index is 12.7. The molecular weight excluding hydrogens is 441 g/mol. The van der Waals surface area contributed by atoms with Crippen molar-refractivity contribution in [1.82, 2.24) is 4.90 Å². The molecule has 5 heteroatoms. The molecular formula is C21H24INO3. The number of alkyl halides is 1. The molecule has 1 unspecified atom stereocenters. The third-order valence-electron chi connectivity index (χ3n) is 4.58. The minimum atomic E-state index is -0.380. The molecule has 0 N–H and O–H groups in total. The molecule has 4 nitrogen and oxygen atoms in total. The van der Waals surface area contributed by atoms with E-state index in [1.807, 2.05) is 48.5 Å². The van der Waals surface area contributed by atoms with Crippen molar-refractivity contribution in [3.63, 3.8) is 0 Å². The molecule has 0 amide bonds. The average molecular weight is 465 g/mol. The van der Waals surface area contributed by atoms with Crippen LogP contribution in [0.15, 0.2) is 60.7 Å². The monoisotopic (exact) mass is 465 g/mol. The summed E-state index contributed by atoms with van der Waals surface area (Å²) in [6.07, 6.45) is 0. The van der Waals surface area contributed by atoms with Gasteiger partial charge in [-0.1, -0.05) is 83.3 Å². The first kappa shape index (κ1) is 19.3. The molecule has 2 atom stereocenters. The van der Waals surface area contributed by atoms with Crippen LogP contribution in [0.2, 0.25) is 0 Å². The van der Waals surface area contributed by atoms with Gasteiger partial charge < -0.3 is 9.47 Å². The highest BCUT2D eigenvalue weighted by Gasteiger charge is 2.40. The Labute approximate surface area is 168 Å². The zero-order valence-electron chi connectivity index (χ0n) is 14.9. The Hall–Kier alpha value is -1.44. The number of carbonyl (C=O) groups is 1. The maximum absolute atomic E-state index is 12.7. The van der Waals surface area contributed by atoms with Crippen LogP contribution < -0.4 is 0 Å². The lowest BCUT2D eigenvalue weighted by molar-refractivity contribution is -0.169. The van der Waals surface area contributed by atoms with Gasteiger partial charge >= 0.3 is 5.97 Å². The highest BCUT2D eigenvalue weighted by molar-refractivity contribution is 14.1. The molecule has 0 radical (unpaired) electrons. The van der Waals surface area contributed by atoms with Gasteiger partial charge in [0.2, 0.25) is 0 Å². The van der Waals surface area contributed by atoms with Gasteiger partial charge in [-0.15, -0.1) is 0 Å². The van der Waals surface area contributed by atoms with Crippen molar-refractivity contribution in [2.45, 2.75) is 31.7 Å². The number of hydrogen-bond donors (Lipinski definition) is 0. The van der Waals surface area contributed by atoms with Crippen LogP contribution in [0.5, 0.6) is 0 Å². The Morgan fingerprint density at radius 2 is 1.77 bits per heavy atom. The van der Waals surface area contributed by atoms with Crippen molar-refractivity contribution in [1.29, 1.82) is 0 Å². The second-order valence-electron chi connectivity index (χ2n) is 6.89. The predicted octanol–water partition coefficient (Wildman–Crippen LogP) is 3.82. The number of benzene rings is 2. The quantitative estimate of drug-likeness (QED) is 0.370. The van der Waals surface area contributed by atoms with Crippen molar-refractivity contribution in [2.75, 3.05) is 17.6 Å². The van der Waals surface area contributed by atoms with Gasteiger partial charge in [0, 0.05) is 17.5 Å².